The molecule has 0 aliphatic carbocycles. The van der Waals surface area contributed by atoms with Crippen LogP contribution in [0.1, 0.15) is 27.3 Å². The molecule has 0 saturated heterocycles. The number of rotatable bonds is 2. The second kappa shape index (κ2) is 4.70. The number of benzene rings is 1. The first-order valence-electron chi connectivity index (χ1n) is 5.81. The molecule has 1 aromatic heterocycles. The molecule has 2 aromatic rings. The molecule has 0 unspecified atom stereocenters. The highest BCUT2D eigenvalue weighted by molar-refractivity contribution is 5.92. The van der Waals surface area contributed by atoms with Crippen molar-refractivity contribution in [3.63, 3.8) is 0 Å². The number of hydrogen-bond acceptors (Lipinski definition) is 1. The maximum Gasteiger partial charge on any atom is 0.416 e. The molecule has 0 atom stereocenters. The summed E-state index contributed by atoms with van der Waals surface area (Å²) in [6, 6.07) is 6.08. The van der Waals surface area contributed by atoms with Crippen molar-refractivity contribution in [3.8, 4) is 5.69 Å². The molecule has 0 fully saturated rings. The molecule has 0 aliphatic heterocycles. The maximum atomic E-state index is 12.8. The number of carboxylic acid groups (broad SMARTS) is 1. The minimum Gasteiger partial charge on any atom is -0.478 e. The molecule has 0 radical (unpaired) electrons. The van der Waals surface area contributed by atoms with Crippen molar-refractivity contribution in [3.05, 3.63) is 52.8 Å². The van der Waals surface area contributed by atoms with Crippen LogP contribution in [0.25, 0.3) is 5.69 Å². The normalized spacial score (nSPS) is 11.7. The van der Waals surface area contributed by atoms with Crippen molar-refractivity contribution in [1.82, 2.24) is 4.57 Å². The fourth-order valence-corrected chi connectivity index (χ4v) is 2.12. The van der Waals surface area contributed by atoms with E-state index in [1.54, 1.807) is 26.0 Å². The molecule has 0 bridgehead atoms. The molecule has 0 amide bonds. The third-order valence-corrected chi connectivity index (χ3v) is 3.07. The van der Waals surface area contributed by atoms with Crippen LogP contribution in [-0.4, -0.2) is 15.6 Å². The molecule has 106 valence electrons. The number of alkyl halides is 3. The number of halogens is 3. The van der Waals surface area contributed by atoms with E-state index in [-0.39, 0.29) is 11.3 Å². The molecule has 3 nitrogen and oxygen atoms in total. The molecule has 6 heteroatoms. The summed E-state index contributed by atoms with van der Waals surface area (Å²) in [5.74, 6) is -1.26. The molecule has 1 N–H and O–H groups in total. The monoisotopic (exact) mass is 283 g/mol. The van der Waals surface area contributed by atoms with E-state index >= 15 is 0 Å². The Morgan fingerprint density at radius 2 is 1.65 bits per heavy atom. The summed E-state index contributed by atoms with van der Waals surface area (Å²) in [4.78, 5) is 11.2. The average Bonchev–Trinajstić information content (AvgIpc) is 2.67. The Hall–Kier alpha value is -2.24. The van der Waals surface area contributed by atoms with Crippen molar-refractivity contribution in [2.24, 2.45) is 0 Å². The summed E-state index contributed by atoms with van der Waals surface area (Å²) in [5.41, 5.74) is 0.325. The quantitative estimate of drug-likeness (QED) is 0.910. The number of aryl methyl sites for hydroxylation is 2. The Kier molecular flexibility index (Phi) is 3.33. The summed E-state index contributed by atoms with van der Waals surface area (Å²) in [6.45, 7) is 3.41. The van der Waals surface area contributed by atoms with E-state index in [0.29, 0.717) is 11.4 Å². The lowest BCUT2D eigenvalue weighted by molar-refractivity contribution is -0.137. The lowest BCUT2D eigenvalue weighted by Gasteiger charge is -2.15. The number of aromatic carboxylic acids is 1. The lowest BCUT2D eigenvalue weighted by atomic mass is 10.1. The van der Waals surface area contributed by atoms with Gasteiger partial charge >= 0.3 is 12.1 Å². The molecular formula is C14H12F3NO2. The SMILES string of the molecule is Cc1ccc(C)n1-c1cc(C(F)(F)F)ccc1C(=O)O. The molecular weight excluding hydrogens is 271 g/mol. The summed E-state index contributed by atoms with van der Waals surface area (Å²) < 4.78 is 39.9. The highest BCUT2D eigenvalue weighted by atomic mass is 19.4. The van der Waals surface area contributed by atoms with Crippen molar-refractivity contribution >= 4 is 5.97 Å². The van der Waals surface area contributed by atoms with Crippen LogP contribution >= 0.6 is 0 Å². The van der Waals surface area contributed by atoms with E-state index in [4.69, 9.17) is 5.11 Å². The van der Waals surface area contributed by atoms with Crippen LogP contribution in [0.5, 0.6) is 0 Å². The van der Waals surface area contributed by atoms with Crippen molar-refractivity contribution in [2.75, 3.05) is 0 Å². The Morgan fingerprint density at radius 1 is 1.10 bits per heavy atom. The van der Waals surface area contributed by atoms with Crippen LogP contribution in [0.4, 0.5) is 13.2 Å². The largest absolute Gasteiger partial charge is 0.478 e. The van der Waals surface area contributed by atoms with Crippen molar-refractivity contribution < 1.29 is 23.1 Å². The minimum atomic E-state index is -4.51. The summed E-state index contributed by atoms with van der Waals surface area (Å²) in [5, 5.41) is 9.15. The van der Waals surface area contributed by atoms with E-state index in [2.05, 4.69) is 0 Å². The van der Waals surface area contributed by atoms with Gasteiger partial charge in [0.05, 0.1) is 16.8 Å². The third-order valence-electron chi connectivity index (χ3n) is 3.07. The molecule has 1 aromatic carbocycles. The Morgan fingerprint density at radius 3 is 2.10 bits per heavy atom. The number of hydrogen-bond donors (Lipinski definition) is 1. The fourth-order valence-electron chi connectivity index (χ4n) is 2.12. The predicted octanol–water partition coefficient (Wildman–Crippen LogP) is 3.81. The smallest absolute Gasteiger partial charge is 0.416 e. The van der Waals surface area contributed by atoms with E-state index < -0.39 is 17.7 Å². The molecule has 0 aliphatic rings. The first-order valence-corrected chi connectivity index (χ1v) is 5.81. The predicted molar refractivity (Wildman–Crippen MR) is 67.2 cm³/mol. The van der Waals surface area contributed by atoms with Gasteiger partial charge in [0.2, 0.25) is 0 Å². The number of nitrogens with zero attached hydrogens (tertiary/aromatic N) is 1. The zero-order chi connectivity index (χ0) is 15.1. The van der Waals surface area contributed by atoms with Crippen molar-refractivity contribution in [2.45, 2.75) is 20.0 Å². The van der Waals surface area contributed by atoms with E-state index in [9.17, 15) is 18.0 Å². The van der Waals surface area contributed by atoms with Gasteiger partial charge in [-0.2, -0.15) is 13.2 Å². The second-order valence-corrected chi connectivity index (χ2v) is 4.49. The highest BCUT2D eigenvalue weighted by Crippen LogP contribution is 2.32. The van der Waals surface area contributed by atoms with Crippen LogP contribution < -0.4 is 0 Å². The van der Waals surface area contributed by atoms with Gasteiger partial charge in [0, 0.05) is 11.4 Å². The third kappa shape index (κ3) is 2.41. The number of aromatic nitrogens is 1. The van der Waals surface area contributed by atoms with E-state index in [0.717, 1.165) is 18.2 Å². The standard InChI is InChI=1S/C14H12F3NO2/c1-8-3-4-9(2)18(8)12-7-10(14(15,16)17)5-6-11(12)13(19)20/h3-7H,1-2H3,(H,19,20). The zero-order valence-corrected chi connectivity index (χ0v) is 10.8. The van der Waals surface area contributed by atoms with Gasteiger partial charge in [0.1, 0.15) is 0 Å². The Labute approximate surface area is 113 Å². The first kappa shape index (κ1) is 14.2. The zero-order valence-electron chi connectivity index (χ0n) is 10.8. The van der Waals surface area contributed by atoms with Crippen LogP contribution in [-0.2, 0) is 6.18 Å². The van der Waals surface area contributed by atoms with Gasteiger partial charge in [-0.25, -0.2) is 4.79 Å². The van der Waals surface area contributed by atoms with Crippen LogP contribution in [0.15, 0.2) is 30.3 Å². The molecule has 1 heterocycles. The molecule has 2 rings (SSSR count). The lowest BCUT2D eigenvalue weighted by Crippen LogP contribution is -2.12. The molecule has 20 heavy (non-hydrogen) atoms. The average molecular weight is 283 g/mol. The van der Waals surface area contributed by atoms with Gasteiger partial charge in [-0.05, 0) is 44.2 Å². The van der Waals surface area contributed by atoms with Gasteiger partial charge in [0.25, 0.3) is 0 Å². The van der Waals surface area contributed by atoms with E-state index in [1.165, 1.54) is 4.57 Å². The summed E-state index contributed by atoms with van der Waals surface area (Å²) in [6.07, 6.45) is -4.51. The number of carboxylic acids is 1. The summed E-state index contributed by atoms with van der Waals surface area (Å²) in [7, 11) is 0. The fraction of sp³-hybridized carbons (Fsp3) is 0.214. The highest BCUT2D eigenvalue weighted by Gasteiger charge is 2.32. The van der Waals surface area contributed by atoms with Gasteiger partial charge in [0.15, 0.2) is 0 Å². The van der Waals surface area contributed by atoms with Gasteiger partial charge in [-0.3, -0.25) is 0 Å². The summed E-state index contributed by atoms with van der Waals surface area (Å²) >= 11 is 0. The van der Waals surface area contributed by atoms with Crippen molar-refractivity contribution in [1.29, 1.82) is 0 Å². The first-order chi connectivity index (χ1) is 9.21. The second-order valence-electron chi connectivity index (χ2n) is 4.49. The van der Waals surface area contributed by atoms with E-state index in [1.807, 2.05) is 0 Å². The maximum absolute atomic E-state index is 12.8. The van der Waals surface area contributed by atoms with Crippen LogP contribution in [0, 0.1) is 13.8 Å². The Balaban J connectivity index is 2.75. The molecule has 0 saturated carbocycles. The van der Waals surface area contributed by atoms with Crippen LogP contribution in [0.2, 0.25) is 0 Å². The van der Waals surface area contributed by atoms with Gasteiger partial charge < -0.3 is 9.67 Å². The van der Waals surface area contributed by atoms with Gasteiger partial charge in [-0.15, -0.1) is 0 Å². The Bertz CT molecular complexity index is 652. The minimum absolute atomic E-state index is 0.0207. The number of carbonyl (C=O) groups is 1. The molecule has 0 spiro atoms. The van der Waals surface area contributed by atoms with Crippen LogP contribution in [0.3, 0.4) is 0 Å². The topological polar surface area (TPSA) is 42.2 Å². The van der Waals surface area contributed by atoms with Gasteiger partial charge in [-0.1, -0.05) is 0 Å².